The largest absolute Gasteiger partial charge is 0.356 e. The molecular weight excluding hydrogens is 174 g/mol. The van der Waals surface area contributed by atoms with Gasteiger partial charge in [-0.25, -0.2) is 0 Å². The molecule has 0 aromatic heterocycles. The third-order valence-corrected chi connectivity index (χ3v) is 3.30. The molecule has 0 aromatic carbocycles. The lowest BCUT2D eigenvalue weighted by Crippen LogP contribution is -2.32. The lowest BCUT2D eigenvalue weighted by atomic mass is 9.82. The zero-order chi connectivity index (χ0) is 10.4. The molecule has 0 heterocycles. The number of nitrogens with one attached hydrogen (secondary N) is 1. The number of carbonyl (C=O) groups excluding carboxylic acids is 1. The quantitative estimate of drug-likeness (QED) is 0.675. The first-order chi connectivity index (χ1) is 6.72. The van der Waals surface area contributed by atoms with Gasteiger partial charge in [0, 0.05) is 6.04 Å². The van der Waals surface area contributed by atoms with Crippen molar-refractivity contribution in [3.05, 3.63) is 0 Å². The summed E-state index contributed by atoms with van der Waals surface area (Å²) < 4.78 is 0. The van der Waals surface area contributed by atoms with Crippen molar-refractivity contribution in [1.82, 2.24) is 5.32 Å². The van der Waals surface area contributed by atoms with Crippen molar-refractivity contribution >= 4 is 6.41 Å². The minimum Gasteiger partial charge on any atom is -0.356 e. The first kappa shape index (κ1) is 11.5. The maximum Gasteiger partial charge on any atom is 0.207 e. The molecule has 0 aliphatic heterocycles. The van der Waals surface area contributed by atoms with Crippen LogP contribution in [-0.2, 0) is 4.79 Å². The average molecular weight is 197 g/mol. The Balaban J connectivity index is 2.12. The van der Waals surface area contributed by atoms with Crippen molar-refractivity contribution in [3.63, 3.8) is 0 Å². The van der Waals surface area contributed by atoms with Crippen molar-refractivity contribution < 1.29 is 4.79 Å². The van der Waals surface area contributed by atoms with Gasteiger partial charge in [0.05, 0.1) is 0 Å². The summed E-state index contributed by atoms with van der Waals surface area (Å²) in [4.78, 5) is 10.3. The second kappa shape index (κ2) is 6.05. The van der Waals surface area contributed by atoms with Gasteiger partial charge >= 0.3 is 0 Å². The summed E-state index contributed by atoms with van der Waals surface area (Å²) in [5.74, 6) is 1.75. The van der Waals surface area contributed by atoms with E-state index in [4.69, 9.17) is 0 Å². The fourth-order valence-electron chi connectivity index (χ4n) is 2.28. The minimum absolute atomic E-state index is 0.461. The number of hydrogen-bond acceptors (Lipinski definition) is 1. The number of hydrogen-bond donors (Lipinski definition) is 1. The van der Waals surface area contributed by atoms with Crippen LogP contribution in [-0.4, -0.2) is 12.5 Å². The summed E-state index contributed by atoms with van der Waals surface area (Å²) in [5, 5.41) is 2.89. The molecule has 1 saturated carbocycles. The summed E-state index contributed by atoms with van der Waals surface area (Å²) in [6.07, 6.45) is 8.56. The summed E-state index contributed by atoms with van der Waals surface area (Å²) in [6, 6.07) is 0.461. The van der Waals surface area contributed by atoms with Gasteiger partial charge in [-0.05, 0) is 37.5 Å². The van der Waals surface area contributed by atoms with Crippen LogP contribution >= 0.6 is 0 Å². The molecule has 14 heavy (non-hydrogen) atoms. The number of amides is 1. The van der Waals surface area contributed by atoms with E-state index in [2.05, 4.69) is 19.2 Å². The van der Waals surface area contributed by atoms with Gasteiger partial charge in [0.1, 0.15) is 0 Å². The predicted octanol–water partition coefficient (Wildman–Crippen LogP) is 2.73. The Labute approximate surface area is 87.5 Å². The van der Waals surface area contributed by atoms with Crippen LogP contribution in [0.15, 0.2) is 0 Å². The van der Waals surface area contributed by atoms with E-state index in [1.807, 2.05) is 0 Å². The monoisotopic (exact) mass is 197 g/mol. The Morgan fingerprint density at radius 3 is 2.43 bits per heavy atom. The van der Waals surface area contributed by atoms with E-state index in [-0.39, 0.29) is 0 Å². The summed E-state index contributed by atoms with van der Waals surface area (Å²) >= 11 is 0. The van der Waals surface area contributed by atoms with Crippen LogP contribution in [0.2, 0.25) is 0 Å². The van der Waals surface area contributed by atoms with E-state index in [0.717, 1.165) is 18.2 Å². The molecule has 0 spiro atoms. The van der Waals surface area contributed by atoms with E-state index in [1.165, 1.54) is 38.5 Å². The molecule has 1 rings (SSSR count). The van der Waals surface area contributed by atoms with Crippen LogP contribution in [0.25, 0.3) is 0 Å². The van der Waals surface area contributed by atoms with Gasteiger partial charge in [-0.2, -0.15) is 0 Å². The van der Waals surface area contributed by atoms with E-state index in [9.17, 15) is 4.79 Å². The molecule has 2 heteroatoms. The topological polar surface area (TPSA) is 29.1 Å². The Morgan fingerprint density at radius 2 is 1.93 bits per heavy atom. The second-order valence-corrected chi connectivity index (χ2v) is 4.97. The third kappa shape index (κ3) is 4.12. The molecule has 0 saturated heterocycles. The molecule has 0 radical (unpaired) electrons. The molecule has 1 fully saturated rings. The fourth-order valence-corrected chi connectivity index (χ4v) is 2.28. The highest BCUT2D eigenvalue weighted by Crippen LogP contribution is 2.28. The van der Waals surface area contributed by atoms with Gasteiger partial charge in [0.25, 0.3) is 0 Å². The normalized spacial score (nSPS) is 27.6. The van der Waals surface area contributed by atoms with E-state index < -0.39 is 0 Å². The van der Waals surface area contributed by atoms with Crippen molar-refractivity contribution in [1.29, 1.82) is 0 Å². The molecule has 1 aliphatic rings. The lowest BCUT2D eigenvalue weighted by molar-refractivity contribution is -0.110. The summed E-state index contributed by atoms with van der Waals surface area (Å²) in [5.41, 5.74) is 0. The van der Waals surface area contributed by atoms with Gasteiger partial charge in [-0.1, -0.05) is 26.7 Å². The third-order valence-electron chi connectivity index (χ3n) is 3.30. The van der Waals surface area contributed by atoms with Crippen LogP contribution < -0.4 is 5.32 Å². The van der Waals surface area contributed by atoms with Crippen molar-refractivity contribution in [2.75, 3.05) is 0 Å². The highest BCUT2D eigenvalue weighted by molar-refractivity contribution is 5.46. The van der Waals surface area contributed by atoms with Crippen LogP contribution in [0.5, 0.6) is 0 Å². The zero-order valence-electron chi connectivity index (χ0n) is 9.46. The Morgan fingerprint density at radius 1 is 1.29 bits per heavy atom. The Kier molecular flexibility index (Phi) is 4.99. The van der Waals surface area contributed by atoms with E-state index in [1.54, 1.807) is 0 Å². The summed E-state index contributed by atoms with van der Waals surface area (Å²) in [7, 11) is 0. The highest BCUT2D eigenvalue weighted by atomic mass is 16.1. The van der Waals surface area contributed by atoms with Crippen molar-refractivity contribution in [2.45, 2.75) is 58.4 Å². The molecule has 1 N–H and O–H groups in total. The first-order valence-corrected chi connectivity index (χ1v) is 5.92. The molecule has 82 valence electrons. The molecule has 1 amide bonds. The molecule has 1 aliphatic carbocycles. The molecule has 0 atom stereocenters. The van der Waals surface area contributed by atoms with E-state index >= 15 is 0 Å². The van der Waals surface area contributed by atoms with Crippen molar-refractivity contribution in [2.24, 2.45) is 11.8 Å². The maximum absolute atomic E-state index is 10.3. The highest BCUT2D eigenvalue weighted by Gasteiger charge is 2.20. The maximum atomic E-state index is 10.3. The van der Waals surface area contributed by atoms with Crippen LogP contribution in [0.3, 0.4) is 0 Å². The van der Waals surface area contributed by atoms with Gasteiger partial charge in [0.2, 0.25) is 6.41 Å². The molecule has 2 nitrogen and oxygen atoms in total. The first-order valence-electron chi connectivity index (χ1n) is 5.92. The Bertz CT molecular complexity index is 160. The van der Waals surface area contributed by atoms with Crippen LogP contribution in [0.4, 0.5) is 0 Å². The van der Waals surface area contributed by atoms with Gasteiger partial charge in [-0.3, -0.25) is 4.79 Å². The molecular formula is C12H23NO. The van der Waals surface area contributed by atoms with E-state index in [0.29, 0.717) is 6.04 Å². The number of carbonyl (C=O) groups is 1. The van der Waals surface area contributed by atoms with Crippen LogP contribution in [0, 0.1) is 11.8 Å². The average Bonchev–Trinajstić information content (AvgIpc) is 2.17. The standard InChI is InChI=1S/C12H23NO/c1-10(2)3-4-11-5-7-12(8-6-11)13-9-14/h9-12H,3-8H2,1-2H3,(H,13,14). The Hall–Kier alpha value is -0.530. The molecule has 0 bridgehead atoms. The van der Waals surface area contributed by atoms with Crippen molar-refractivity contribution in [3.8, 4) is 0 Å². The predicted molar refractivity (Wildman–Crippen MR) is 59.0 cm³/mol. The second-order valence-electron chi connectivity index (χ2n) is 4.97. The van der Waals surface area contributed by atoms with Gasteiger partial charge in [0.15, 0.2) is 0 Å². The molecule has 0 unspecified atom stereocenters. The molecule has 0 aromatic rings. The SMILES string of the molecule is CC(C)CCC1CCC(NC=O)CC1. The van der Waals surface area contributed by atoms with Gasteiger partial charge in [-0.15, -0.1) is 0 Å². The zero-order valence-corrected chi connectivity index (χ0v) is 9.46. The minimum atomic E-state index is 0.461. The van der Waals surface area contributed by atoms with Gasteiger partial charge < -0.3 is 5.32 Å². The summed E-state index contributed by atoms with van der Waals surface area (Å²) in [6.45, 7) is 4.58. The smallest absolute Gasteiger partial charge is 0.207 e. The van der Waals surface area contributed by atoms with Crippen LogP contribution in [0.1, 0.15) is 52.4 Å². The lowest BCUT2D eigenvalue weighted by Gasteiger charge is -2.28. The number of rotatable bonds is 5. The fraction of sp³-hybridized carbons (Fsp3) is 0.917.